The molecule has 9 heteroatoms. The summed E-state index contributed by atoms with van der Waals surface area (Å²) in [4.78, 5) is 39.6. The van der Waals surface area contributed by atoms with Gasteiger partial charge in [-0.1, -0.05) is 56.3 Å². The number of carbonyl (C=O) groups excluding carboxylic acids is 1. The summed E-state index contributed by atoms with van der Waals surface area (Å²) in [5.41, 5.74) is 9.44. The summed E-state index contributed by atoms with van der Waals surface area (Å²) >= 11 is 0. The number of ketones is 1. The van der Waals surface area contributed by atoms with Crippen LogP contribution in [0.5, 0.6) is 5.75 Å². The third kappa shape index (κ3) is 4.70. The SMILES string of the molecule is CN1/C(=C/N=C2C(=O)C=Cc3ccncc32)C(C)(C)c2ccccc21.CN1c2ccccc2C(C)(C)C12C=Nc1c(c3cccnc3c3ncccc13)O2. The first-order chi connectivity index (χ1) is 26.0. The molecule has 3 aromatic heterocycles. The topological polar surface area (TPSA) is 96.2 Å². The van der Waals surface area contributed by atoms with E-state index in [1.807, 2.05) is 61.9 Å². The molecule has 0 radical (unpaired) electrons. The third-order valence-corrected chi connectivity index (χ3v) is 11.5. The van der Waals surface area contributed by atoms with Gasteiger partial charge < -0.3 is 14.5 Å². The quantitative estimate of drug-likeness (QED) is 0.158. The molecule has 0 amide bonds. The lowest BCUT2D eigenvalue weighted by Gasteiger charge is -2.45. The van der Waals surface area contributed by atoms with Crippen LogP contribution < -0.4 is 14.5 Å². The Morgan fingerprint density at radius 1 is 0.759 bits per heavy atom. The highest BCUT2D eigenvalue weighted by molar-refractivity contribution is 6.52. The Hall–Kier alpha value is -6.48. The van der Waals surface area contributed by atoms with Crippen LogP contribution in [0.2, 0.25) is 0 Å². The number of rotatable bonds is 1. The highest BCUT2D eigenvalue weighted by atomic mass is 16.5. The third-order valence-electron chi connectivity index (χ3n) is 11.5. The molecule has 266 valence electrons. The minimum Gasteiger partial charge on any atom is -0.459 e. The Labute approximate surface area is 314 Å². The number of likely N-dealkylation sites (N-methyl/N-ethyl adjacent to an activating group) is 2. The van der Waals surface area contributed by atoms with E-state index in [0.717, 1.165) is 55.8 Å². The van der Waals surface area contributed by atoms with Gasteiger partial charge in [-0.05, 0) is 79.1 Å². The Bertz CT molecular complexity index is 2670. The molecule has 3 aromatic carbocycles. The number of para-hydroxylation sites is 2. The number of hydrogen-bond acceptors (Lipinski definition) is 9. The molecule has 0 N–H and O–H groups in total. The van der Waals surface area contributed by atoms with Crippen LogP contribution in [0.15, 0.2) is 132 Å². The second kappa shape index (κ2) is 12.0. The van der Waals surface area contributed by atoms with Gasteiger partial charge in [0, 0.05) is 83.9 Å². The molecule has 3 aliphatic heterocycles. The Kier molecular flexibility index (Phi) is 7.43. The number of hydrogen-bond donors (Lipinski definition) is 0. The number of carbonyl (C=O) groups is 1. The number of allylic oxidation sites excluding steroid dienone is 2. The summed E-state index contributed by atoms with van der Waals surface area (Å²) in [7, 11) is 4.12. The number of anilines is 2. The summed E-state index contributed by atoms with van der Waals surface area (Å²) in [5.74, 6) is 0.678. The monoisotopic (exact) mass is 709 g/mol. The van der Waals surface area contributed by atoms with E-state index in [9.17, 15) is 4.79 Å². The zero-order valence-corrected chi connectivity index (χ0v) is 31.1. The smallest absolute Gasteiger partial charge is 0.228 e. The van der Waals surface area contributed by atoms with Gasteiger partial charge in [0.05, 0.1) is 17.1 Å². The lowest BCUT2D eigenvalue weighted by molar-refractivity contribution is -0.108. The predicted molar refractivity (Wildman–Crippen MR) is 217 cm³/mol. The highest BCUT2D eigenvalue weighted by Gasteiger charge is 2.58. The van der Waals surface area contributed by atoms with Crippen molar-refractivity contribution < 1.29 is 9.53 Å². The maximum absolute atomic E-state index is 12.3. The molecule has 6 aromatic rings. The summed E-state index contributed by atoms with van der Waals surface area (Å²) in [5, 5.41) is 1.89. The fourth-order valence-corrected chi connectivity index (χ4v) is 8.52. The predicted octanol–water partition coefficient (Wildman–Crippen LogP) is 8.74. The molecule has 4 aliphatic rings. The number of benzene rings is 3. The van der Waals surface area contributed by atoms with Gasteiger partial charge in [0.15, 0.2) is 5.75 Å². The van der Waals surface area contributed by atoms with Crippen molar-refractivity contribution in [2.45, 2.75) is 44.2 Å². The summed E-state index contributed by atoms with van der Waals surface area (Å²) < 4.78 is 6.92. The molecule has 0 saturated carbocycles. The van der Waals surface area contributed by atoms with E-state index in [4.69, 9.17) is 9.73 Å². The summed E-state index contributed by atoms with van der Waals surface area (Å²) in [6.07, 6.45) is 14.2. The van der Waals surface area contributed by atoms with E-state index in [2.05, 4.69) is 107 Å². The van der Waals surface area contributed by atoms with E-state index in [1.165, 1.54) is 16.8 Å². The van der Waals surface area contributed by atoms with Gasteiger partial charge in [-0.3, -0.25) is 29.7 Å². The van der Waals surface area contributed by atoms with E-state index < -0.39 is 5.72 Å². The van der Waals surface area contributed by atoms with E-state index in [1.54, 1.807) is 30.9 Å². The Morgan fingerprint density at radius 2 is 1.44 bits per heavy atom. The van der Waals surface area contributed by atoms with Crippen molar-refractivity contribution in [2.24, 2.45) is 9.98 Å². The zero-order valence-electron chi connectivity index (χ0n) is 31.1. The van der Waals surface area contributed by atoms with Crippen LogP contribution in [0.25, 0.3) is 27.9 Å². The molecular formula is C45H39N7O2. The molecule has 9 nitrogen and oxygen atoms in total. The Balaban J connectivity index is 0.000000144. The number of ether oxygens (including phenoxy) is 1. The minimum atomic E-state index is -0.720. The lowest BCUT2D eigenvalue weighted by Crippen LogP contribution is -2.61. The van der Waals surface area contributed by atoms with Gasteiger partial charge in [-0.2, -0.15) is 0 Å². The second-order valence-electron chi connectivity index (χ2n) is 15.1. The van der Waals surface area contributed by atoms with Crippen LogP contribution in [0.1, 0.15) is 49.9 Å². The van der Waals surface area contributed by atoms with Crippen molar-refractivity contribution in [1.82, 2.24) is 15.0 Å². The molecule has 6 heterocycles. The largest absolute Gasteiger partial charge is 0.459 e. The first-order valence-electron chi connectivity index (χ1n) is 18.1. The van der Waals surface area contributed by atoms with Crippen LogP contribution in [0.3, 0.4) is 0 Å². The van der Waals surface area contributed by atoms with Gasteiger partial charge in [0.1, 0.15) is 16.9 Å². The minimum absolute atomic E-state index is 0.0895. The first kappa shape index (κ1) is 33.4. The number of aliphatic imine (C=N–C) groups is 2. The van der Waals surface area contributed by atoms with Crippen LogP contribution >= 0.6 is 0 Å². The number of fused-ring (bicyclic) bond motifs is 9. The molecule has 0 fully saturated rings. The van der Waals surface area contributed by atoms with Gasteiger partial charge in [0.2, 0.25) is 11.5 Å². The zero-order chi connectivity index (χ0) is 37.4. The molecule has 0 bridgehead atoms. The normalized spacial score (nSPS) is 21.2. The van der Waals surface area contributed by atoms with E-state index >= 15 is 0 Å². The van der Waals surface area contributed by atoms with Gasteiger partial charge >= 0.3 is 0 Å². The number of nitrogens with zero attached hydrogens (tertiary/aromatic N) is 7. The number of pyridine rings is 3. The molecule has 1 unspecified atom stereocenters. The van der Waals surface area contributed by atoms with Crippen molar-refractivity contribution in [3.63, 3.8) is 0 Å². The molecular weight excluding hydrogens is 671 g/mol. The maximum atomic E-state index is 12.3. The maximum Gasteiger partial charge on any atom is 0.228 e. The molecule has 10 rings (SSSR count). The number of aromatic nitrogens is 3. The van der Waals surface area contributed by atoms with Crippen LogP contribution in [0.4, 0.5) is 17.1 Å². The fraction of sp³-hybridized carbons (Fsp3) is 0.200. The second-order valence-corrected chi connectivity index (χ2v) is 15.1. The lowest BCUT2D eigenvalue weighted by atomic mass is 9.77. The highest BCUT2D eigenvalue weighted by Crippen LogP contribution is 2.55. The van der Waals surface area contributed by atoms with E-state index in [0.29, 0.717) is 5.71 Å². The van der Waals surface area contributed by atoms with E-state index in [-0.39, 0.29) is 16.6 Å². The summed E-state index contributed by atoms with van der Waals surface area (Å²) in [6, 6.07) is 26.7. The van der Waals surface area contributed by atoms with Gasteiger partial charge in [-0.15, -0.1) is 0 Å². The average Bonchev–Trinajstić information content (AvgIpc) is 3.49. The molecule has 54 heavy (non-hydrogen) atoms. The molecule has 1 atom stereocenters. The molecule has 0 saturated heterocycles. The first-order valence-corrected chi connectivity index (χ1v) is 18.1. The van der Waals surface area contributed by atoms with Crippen LogP contribution in [-0.4, -0.2) is 52.5 Å². The van der Waals surface area contributed by atoms with Crippen molar-refractivity contribution in [2.75, 3.05) is 23.9 Å². The van der Waals surface area contributed by atoms with Crippen molar-refractivity contribution >= 4 is 62.7 Å². The Morgan fingerprint density at radius 3 is 2.19 bits per heavy atom. The standard InChI is InChI=1S/C24H20N4O.C21H19N3O/c1-23(2)17-10-4-5-11-18(17)28(3)24(23)14-27-21-15-8-6-12-25-19(15)20-16(22(21)29-24)9-7-13-26-20;1-21(2)16-6-4-5-7-17(16)24(3)19(21)13-23-20-15-12-22-11-10-14(15)8-9-18(20)25/h4-14H,1-3H3;4-13H,1-3H3/b;19-13+,23-20?. The van der Waals surface area contributed by atoms with Crippen molar-refractivity contribution in [1.29, 1.82) is 0 Å². The van der Waals surface area contributed by atoms with Crippen LogP contribution in [0, 0.1) is 0 Å². The average molecular weight is 710 g/mol. The van der Waals surface area contributed by atoms with Crippen LogP contribution in [-0.2, 0) is 15.6 Å². The molecule has 1 aliphatic carbocycles. The summed E-state index contributed by atoms with van der Waals surface area (Å²) in [6.45, 7) is 8.80. The van der Waals surface area contributed by atoms with Gasteiger partial charge in [0.25, 0.3) is 0 Å². The van der Waals surface area contributed by atoms with Gasteiger partial charge in [-0.25, -0.2) is 0 Å². The van der Waals surface area contributed by atoms with Crippen molar-refractivity contribution in [3.8, 4) is 5.75 Å². The fourth-order valence-electron chi connectivity index (χ4n) is 8.52. The molecule has 1 spiro atoms. The van der Waals surface area contributed by atoms with Crippen molar-refractivity contribution in [3.05, 3.63) is 144 Å².